The maximum absolute atomic E-state index is 11.1. The molecule has 0 heterocycles. The van der Waals surface area contributed by atoms with Crippen LogP contribution in [0.1, 0.15) is 12.0 Å². The number of rotatable bonds is 3. The van der Waals surface area contributed by atoms with Crippen molar-refractivity contribution in [2.75, 3.05) is 7.11 Å². The Bertz CT molecular complexity index is 396. The van der Waals surface area contributed by atoms with Crippen molar-refractivity contribution < 1.29 is 9.53 Å². The molecule has 0 spiro atoms. The Morgan fingerprint density at radius 3 is 2.67 bits per heavy atom. The van der Waals surface area contributed by atoms with Gasteiger partial charge in [-0.15, -0.1) is 12.3 Å². The van der Waals surface area contributed by atoms with Crippen molar-refractivity contribution in [3.8, 4) is 12.3 Å². The van der Waals surface area contributed by atoms with Gasteiger partial charge in [-0.05, 0) is 11.1 Å². The van der Waals surface area contributed by atoms with E-state index < -0.39 is 0 Å². The lowest BCUT2D eigenvalue weighted by Gasteiger charge is -2.03. The highest BCUT2D eigenvalue weighted by Crippen LogP contribution is 2.17. The fourth-order valence-electron chi connectivity index (χ4n) is 1.20. The van der Waals surface area contributed by atoms with Gasteiger partial charge >= 0.3 is 5.97 Å². The molecule has 0 N–H and O–H groups in total. The van der Waals surface area contributed by atoms with E-state index in [-0.39, 0.29) is 5.97 Å². The number of allylic oxidation sites excluding steroid dienone is 1. The van der Waals surface area contributed by atoms with E-state index in [1.807, 2.05) is 30.3 Å². The van der Waals surface area contributed by atoms with Crippen LogP contribution in [0.5, 0.6) is 0 Å². The van der Waals surface area contributed by atoms with Gasteiger partial charge in [-0.2, -0.15) is 0 Å². The molecule has 2 heteroatoms. The lowest BCUT2D eigenvalue weighted by molar-refractivity contribution is -0.134. The van der Waals surface area contributed by atoms with Crippen LogP contribution in [0.25, 0.3) is 5.57 Å². The van der Waals surface area contributed by atoms with Crippen molar-refractivity contribution >= 4 is 11.5 Å². The molecule has 0 bridgehead atoms. The summed E-state index contributed by atoms with van der Waals surface area (Å²) in [6.45, 7) is 0. The number of esters is 1. The zero-order chi connectivity index (χ0) is 11.1. The molecule has 0 fully saturated rings. The van der Waals surface area contributed by atoms with E-state index in [1.54, 1.807) is 0 Å². The molecule has 76 valence electrons. The molecule has 0 aliphatic heterocycles. The zero-order valence-electron chi connectivity index (χ0n) is 8.57. The van der Waals surface area contributed by atoms with E-state index in [2.05, 4.69) is 10.7 Å². The number of methoxy groups -OCH3 is 1. The lowest BCUT2D eigenvalue weighted by Crippen LogP contribution is -1.97. The van der Waals surface area contributed by atoms with Crippen LogP contribution in [0.4, 0.5) is 0 Å². The van der Waals surface area contributed by atoms with E-state index in [9.17, 15) is 4.79 Å². The highest BCUT2D eigenvalue weighted by Gasteiger charge is 2.02. The molecular weight excluding hydrogens is 188 g/mol. The van der Waals surface area contributed by atoms with Gasteiger partial charge in [0.25, 0.3) is 0 Å². The molecule has 0 unspecified atom stereocenters. The molecule has 0 aliphatic rings. The second kappa shape index (κ2) is 5.66. The number of hydrogen-bond acceptors (Lipinski definition) is 2. The van der Waals surface area contributed by atoms with Crippen molar-refractivity contribution in [2.45, 2.75) is 6.42 Å². The molecule has 0 saturated heterocycles. The number of carbonyl (C=O) groups is 1. The van der Waals surface area contributed by atoms with Crippen molar-refractivity contribution in [1.82, 2.24) is 0 Å². The van der Waals surface area contributed by atoms with Gasteiger partial charge in [0.2, 0.25) is 0 Å². The summed E-state index contributed by atoms with van der Waals surface area (Å²) in [6, 6.07) is 9.53. The monoisotopic (exact) mass is 200 g/mol. The van der Waals surface area contributed by atoms with E-state index in [0.717, 1.165) is 11.1 Å². The van der Waals surface area contributed by atoms with Crippen LogP contribution in [0, 0.1) is 12.3 Å². The molecule has 0 saturated carbocycles. The minimum Gasteiger partial charge on any atom is -0.466 e. The largest absolute Gasteiger partial charge is 0.466 e. The molecule has 0 aliphatic carbocycles. The molecule has 1 aromatic carbocycles. The summed E-state index contributed by atoms with van der Waals surface area (Å²) in [5, 5.41) is 0. The van der Waals surface area contributed by atoms with Crippen molar-refractivity contribution in [3.05, 3.63) is 42.0 Å². The highest BCUT2D eigenvalue weighted by molar-refractivity contribution is 5.91. The standard InChI is InChI=1S/C13H12O2/c1-3-7-12(10-13(14)15-2)11-8-5-4-6-9-11/h1,4-6,8-10H,7H2,2H3. The van der Waals surface area contributed by atoms with Crippen LogP contribution < -0.4 is 0 Å². The third-order valence-electron chi connectivity index (χ3n) is 1.93. The Hall–Kier alpha value is -2.01. The van der Waals surface area contributed by atoms with E-state index in [0.29, 0.717) is 6.42 Å². The Balaban J connectivity index is 2.99. The van der Waals surface area contributed by atoms with Crippen LogP contribution in [-0.2, 0) is 9.53 Å². The third kappa shape index (κ3) is 3.32. The molecule has 0 atom stereocenters. The molecular formula is C13H12O2. The normalized spacial score (nSPS) is 10.5. The summed E-state index contributed by atoms with van der Waals surface area (Å²) < 4.78 is 4.56. The van der Waals surface area contributed by atoms with Gasteiger partial charge in [-0.3, -0.25) is 0 Å². The first-order chi connectivity index (χ1) is 7.27. The minimum atomic E-state index is -0.385. The van der Waals surface area contributed by atoms with Crippen LogP contribution in [0.2, 0.25) is 0 Å². The fraction of sp³-hybridized carbons (Fsp3) is 0.154. The molecule has 1 aromatic rings. The van der Waals surface area contributed by atoms with Gasteiger partial charge in [0.05, 0.1) is 7.11 Å². The Labute approximate surface area is 89.6 Å². The summed E-state index contributed by atoms with van der Waals surface area (Å²) in [6.07, 6.45) is 7.08. The van der Waals surface area contributed by atoms with Crippen molar-refractivity contribution in [2.24, 2.45) is 0 Å². The SMILES string of the molecule is C#CCC(=CC(=O)OC)c1ccccc1. The first-order valence-electron chi connectivity index (χ1n) is 4.55. The first kappa shape index (κ1) is 11.1. The smallest absolute Gasteiger partial charge is 0.330 e. The molecule has 0 amide bonds. The number of ether oxygens (including phenoxy) is 1. The van der Waals surface area contributed by atoms with Gasteiger partial charge in [-0.1, -0.05) is 30.3 Å². The average Bonchev–Trinajstić information content (AvgIpc) is 2.29. The quantitative estimate of drug-likeness (QED) is 0.425. The second-order valence-corrected chi connectivity index (χ2v) is 2.94. The molecule has 0 aromatic heterocycles. The average molecular weight is 200 g/mol. The minimum absolute atomic E-state index is 0.385. The molecule has 15 heavy (non-hydrogen) atoms. The topological polar surface area (TPSA) is 26.3 Å². The maximum atomic E-state index is 11.1. The third-order valence-corrected chi connectivity index (χ3v) is 1.93. The van der Waals surface area contributed by atoms with E-state index in [4.69, 9.17) is 6.42 Å². The molecule has 1 rings (SSSR count). The number of hydrogen-bond donors (Lipinski definition) is 0. The van der Waals surface area contributed by atoms with Crippen LogP contribution >= 0.6 is 0 Å². The predicted molar refractivity (Wildman–Crippen MR) is 59.9 cm³/mol. The number of terminal acetylenes is 1. The summed E-state index contributed by atoms with van der Waals surface area (Å²) in [4.78, 5) is 11.1. The van der Waals surface area contributed by atoms with Crippen LogP contribution in [0.15, 0.2) is 36.4 Å². The Morgan fingerprint density at radius 1 is 1.47 bits per heavy atom. The molecule has 0 radical (unpaired) electrons. The number of benzene rings is 1. The van der Waals surface area contributed by atoms with Gasteiger partial charge in [0, 0.05) is 12.5 Å². The van der Waals surface area contributed by atoms with E-state index in [1.165, 1.54) is 13.2 Å². The summed E-state index contributed by atoms with van der Waals surface area (Å²) in [5.74, 6) is 2.13. The van der Waals surface area contributed by atoms with E-state index >= 15 is 0 Å². The zero-order valence-corrected chi connectivity index (χ0v) is 8.57. The summed E-state index contributed by atoms with van der Waals surface area (Å²) in [7, 11) is 1.34. The fourth-order valence-corrected chi connectivity index (χ4v) is 1.20. The highest BCUT2D eigenvalue weighted by atomic mass is 16.5. The van der Waals surface area contributed by atoms with Gasteiger partial charge in [0.15, 0.2) is 0 Å². The second-order valence-electron chi connectivity index (χ2n) is 2.94. The lowest BCUT2D eigenvalue weighted by atomic mass is 10.0. The predicted octanol–water partition coefficient (Wildman–Crippen LogP) is 2.27. The number of carbonyl (C=O) groups excluding carboxylic acids is 1. The summed E-state index contributed by atoms with van der Waals surface area (Å²) >= 11 is 0. The van der Waals surface area contributed by atoms with Crippen molar-refractivity contribution in [1.29, 1.82) is 0 Å². The van der Waals surface area contributed by atoms with Gasteiger partial charge in [-0.25, -0.2) is 4.79 Å². The molecule has 2 nitrogen and oxygen atoms in total. The Morgan fingerprint density at radius 2 is 2.13 bits per heavy atom. The maximum Gasteiger partial charge on any atom is 0.330 e. The van der Waals surface area contributed by atoms with Crippen molar-refractivity contribution in [3.63, 3.8) is 0 Å². The summed E-state index contributed by atoms with van der Waals surface area (Å²) in [5.41, 5.74) is 1.74. The Kier molecular flexibility index (Phi) is 4.18. The van der Waals surface area contributed by atoms with Gasteiger partial charge in [0.1, 0.15) is 0 Å². The van der Waals surface area contributed by atoms with Gasteiger partial charge < -0.3 is 4.74 Å². The van der Waals surface area contributed by atoms with Crippen LogP contribution in [0.3, 0.4) is 0 Å². The first-order valence-corrected chi connectivity index (χ1v) is 4.55. The van der Waals surface area contributed by atoms with Crippen LogP contribution in [-0.4, -0.2) is 13.1 Å².